The van der Waals surface area contributed by atoms with Gasteiger partial charge in [0.25, 0.3) is 10.0 Å². The van der Waals surface area contributed by atoms with Crippen molar-refractivity contribution < 1.29 is 8.42 Å². The summed E-state index contributed by atoms with van der Waals surface area (Å²) in [6, 6.07) is 3.22. The van der Waals surface area contributed by atoms with Gasteiger partial charge in [-0.3, -0.25) is 0 Å². The molecule has 0 aliphatic heterocycles. The number of thiophene rings is 1. The van der Waals surface area contributed by atoms with Crippen LogP contribution in [0.5, 0.6) is 0 Å². The molecule has 0 aliphatic carbocycles. The fourth-order valence-corrected chi connectivity index (χ4v) is 4.82. The SMILES string of the molecule is CCC(C)(NS(=O)(=O)c1ccc(Br)s1)C(N)=S. The molecule has 0 fully saturated rings. The maximum absolute atomic E-state index is 12.1. The van der Waals surface area contributed by atoms with Gasteiger partial charge < -0.3 is 5.73 Å². The first-order chi connectivity index (χ1) is 7.71. The summed E-state index contributed by atoms with van der Waals surface area (Å²) in [5, 5.41) is 0. The Morgan fingerprint density at radius 3 is 2.59 bits per heavy atom. The summed E-state index contributed by atoms with van der Waals surface area (Å²) in [6.45, 7) is 3.50. The van der Waals surface area contributed by atoms with E-state index in [2.05, 4.69) is 20.7 Å². The lowest BCUT2D eigenvalue weighted by molar-refractivity contribution is 0.513. The minimum atomic E-state index is -3.58. The van der Waals surface area contributed by atoms with Crippen molar-refractivity contribution in [1.29, 1.82) is 0 Å². The zero-order valence-corrected chi connectivity index (χ0v) is 13.4. The molecule has 96 valence electrons. The first kappa shape index (κ1) is 15.0. The van der Waals surface area contributed by atoms with Crippen LogP contribution in [0.2, 0.25) is 0 Å². The van der Waals surface area contributed by atoms with Gasteiger partial charge in [0.2, 0.25) is 0 Å². The van der Waals surface area contributed by atoms with Crippen molar-refractivity contribution >= 4 is 54.5 Å². The Balaban J connectivity index is 3.06. The Morgan fingerprint density at radius 1 is 1.65 bits per heavy atom. The molecule has 1 heterocycles. The lowest BCUT2D eigenvalue weighted by Gasteiger charge is -2.27. The van der Waals surface area contributed by atoms with Gasteiger partial charge in [-0.2, -0.15) is 4.72 Å². The fourth-order valence-electron chi connectivity index (χ4n) is 1.09. The van der Waals surface area contributed by atoms with Gasteiger partial charge >= 0.3 is 0 Å². The van der Waals surface area contributed by atoms with Crippen molar-refractivity contribution in [1.82, 2.24) is 4.72 Å². The highest BCUT2D eigenvalue weighted by molar-refractivity contribution is 9.11. The molecule has 8 heteroatoms. The Morgan fingerprint density at radius 2 is 2.24 bits per heavy atom. The third-order valence-corrected chi connectivity index (χ3v) is 6.59. The molecule has 1 aromatic heterocycles. The number of nitrogens with two attached hydrogens (primary N) is 1. The molecule has 0 saturated carbocycles. The minimum Gasteiger partial charge on any atom is -0.392 e. The summed E-state index contributed by atoms with van der Waals surface area (Å²) < 4.78 is 27.7. The van der Waals surface area contributed by atoms with Crippen molar-refractivity contribution in [2.75, 3.05) is 0 Å². The smallest absolute Gasteiger partial charge is 0.250 e. The van der Waals surface area contributed by atoms with Gasteiger partial charge in [-0.1, -0.05) is 19.1 Å². The van der Waals surface area contributed by atoms with Crippen LogP contribution in [0.3, 0.4) is 0 Å². The molecule has 0 radical (unpaired) electrons. The number of thiocarbonyl (C=S) groups is 1. The molecule has 0 bridgehead atoms. The Hall–Kier alpha value is -0.0200. The minimum absolute atomic E-state index is 0.138. The Labute approximate surface area is 119 Å². The lowest BCUT2D eigenvalue weighted by atomic mass is 10.0. The predicted molar refractivity (Wildman–Crippen MR) is 77.8 cm³/mol. The molecule has 1 atom stereocenters. The monoisotopic (exact) mass is 356 g/mol. The molecule has 0 saturated heterocycles. The number of halogens is 1. The van der Waals surface area contributed by atoms with Crippen LogP contribution in [0.4, 0.5) is 0 Å². The zero-order valence-electron chi connectivity index (χ0n) is 9.36. The summed E-state index contributed by atoms with van der Waals surface area (Å²) in [5.41, 5.74) is 4.67. The van der Waals surface area contributed by atoms with E-state index in [9.17, 15) is 8.42 Å². The molecule has 4 nitrogen and oxygen atoms in total. The molecule has 1 rings (SSSR count). The van der Waals surface area contributed by atoms with Gasteiger partial charge in [0.05, 0.1) is 14.3 Å². The predicted octanol–water partition coefficient (Wildman–Crippen LogP) is 2.24. The molecule has 0 amide bonds. The highest BCUT2D eigenvalue weighted by Gasteiger charge is 2.32. The summed E-state index contributed by atoms with van der Waals surface area (Å²) in [6.07, 6.45) is 0.494. The van der Waals surface area contributed by atoms with Crippen LogP contribution in [0, 0.1) is 0 Å². The molecule has 0 aromatic carbocycles. The van der Waals surface area contributed by atoms with E-state index in [1.165, 1.54) is 6.07 Å². The normalized spacial score (nSPS) is 15.5. The molecule has 1 aromatic rings. The Kier molecular flexibility index (Phi) is 4.70. The molecule has 0 aliphatic rings. The van der Waals surface area contributed by atoms with E-state index in [0.29, 0.717) is 6.42 Å². The average molecular weight is 357 g/mol. The second-order valence-corrected chi connectivity index (χ2v) is 8.53. The summed E-state index contributed by atoms with van der Waals surface area (Å²) in [4.78, 5) is 0.138. The molecule has 17 heavy (non-hydrogen) atoms. The average Bonchev–Trinajstić information content (AvgIpc) is 2.64. The number of hydrogen-bond acceptors (Lipinski definition) is 4. The quantitative estimate of drug-likeness (QED) is 0.793. The van der Waals surface area contributed by atoms with Crippen LogP contribution in [0.25, 0.3) is 0 Å². The number of nitrogens with one attached hydrogen (secondary N) is 1. The second-order valence-electron chi connectivity index (χ2n) is 3.71. The van der Waals surface area contributed by atoms with Crippen LogP contribution in [-0.4, -0.2) is 18.9 Å². The van der Waals surface area contributed by atoms with E-state index >= 15 is 0 Å². The number of sulfonamides is 1. The third kappa shape index (κ3) is 3.47. The van der Waals surface area contributed by atoms with Gasteiger partial charge in [-0.05, 0) is 41.4 Å². The molecular formula is C9H13BrN2O2S3. The molecule has 1 unspecified atom stereocenters. The zero-order chi connectivity index (χ0) is 13.3. The standard InChI is InChI=1S/C9H13BrN2O2S3/c1-3-9(2,8(11)15)12-17(13,14)7-5-4-6(10)16-7/h4-5,12H,3H2,1-2H3,(H2,11,15). The topological polar surface area (TPSA) is 72.2 Å². The third-order valence-electron chi connectivity index (χ3n) is 2.42. The van der Waals surface area contributed by atoms with Crippen molar-refractivity contribution in [2.45, 2.75) is 30.0 Å². The van der Waals surface area contributed by atoms with E-state index in [4.69, 9.17) is 18.0 Å². The van der Waals surface area contributed by atoms with E-state index in [1.54, 1.807) is 13.0 Å². The fraction of sp³-hybridized carbons (Fsp3) is 0.444. The largest absolute Gasteiger partial charge is 0.392 e. The molecular weight excluding hydrogens is 344 g/mol. The van der Waals surface area contributed by atoms with Gasteiger partial charge in [0.1, 0.15) is 4.21 Å². The number of rotatable bonds is 5. The summed E-state index contributed by atoms with van der Waals surface area (Å²) >= 11 is 9.26. The van der Waals surface area contributed by atoms with Crippen molar-refractivity contribution in [3.05, 3.63) is 15.9 Å². The van der Waals surface area contributed by atoms with E-state index in [-0.39, 0.29) is 9.20 Å². The van der Waals surface area contributed by atoms with Crippen molar-refractivity contribution in [3.63, 3.8) is 0 Å². The lowest BCUT2D eigenvalue weighted by Crippen LogP contribution is -2.53. The van der Waals surface area contributed by atoms with E-state index in [1.807, 2.05) is 6.92 Å². The highest BCUT2D eigenvalue weighted by Crippen LogP contribution is 2.27. The highest BCUT2D eigenvalue weighted by atomic mass is 79.9. The van der Waals surface area contributed by atoms with Crippen LogP contribution < -0.4 is 10.5 Å². The van der Waals surface area contributed by atoms with Gasteiger partial charge in [-0.25, -0.2) is 8.42 Å². The first-order valence-corrected chi connectivity index (χ1v) is 8.30. The van der Waals surface area contributed by atoms with Gasteiger partial charge in [0, 0.05) is 0 Å². The second kappa shape index (κ2) is 5.31. The van der Waals surface area contributed by atoms with Crippen LogP contribution in [0.1, 0.15) is 20.3 Å². The van der Waals surface area contributed by atoms with Gasteiger partial charge in [0.15, 0.2) is 0 Å². The Bertz CT molecular complexity index is 526. The van der Waals surface area contributed by atoms with Crippen molar-refractivity contribution in [3.8, 4) is 0 Å². The van der Waals surface area contributed by atoms with Crippen LogP contribution in [-0.2, 0) is 10.0 Å². The molecule has 3 N–H and O–H groups in total. The summed E-state index contributed by atoms with van der Waals surface area (Å²) in [5.74, 6) is 0. The maximum Gasteiger partial charge on any atom is 0.250 e. The first-order valence-electron chi connectivity index (χ1n) is 4.80. The van der Waals surface area contributed by atoms with Crippen molar-refractivity contribution in [2.24, 2.45) is 5.73 Å². The molecule has 0 spiro atoms. The van der Waals surface area contributed by atoms with E-state index in [0.717, 1.165) is 15.1 Å². The van der Waals surface area contributed by atoms with E-state index < -0.39 is 15.6 Å². The van der Waals surface area contributed by atoms with Crippen LogP contribution in [0.15, 0.2) is 20.1 Å². The number of hydrogen-bond donors (Lipinski definition) is 2. The van der Waals surface area contributed by atoms with Gasteiger partial charge in [-0.15, -0.1) is 11.3 Å². The van der Waals surface area contributed by atoms with Crippen LogP contribution >= 0.6 is 39.5 Å². The summed E-state index contributed by atoms with van der Waals surface area (Å²) in [7, 11) is -3.58. The maximum atomic E-state index is 12.1.